The zero-order valence-electron chi connectivity index (χ0n) is 12.0. The van der Waals surface area contributed by atoms with E-state index in [1.165, 1.54) is 23.1 Å². The SMILES string of the molecule is CCCNC(c1nc2c(s1)CCC2)c1cc(Br)ccc1F. The molecular weight excluding hydrogens is 351 g/mol. The molecule has 5 heteroatoms. The molecule has 0 saturated carbocycles. The van der Waals surface area contributed by atoms with Crippen LogP contribution in [0.5, 0.6) is 0 Å². The van der Waals surface area contributed by atoms with Gasteiger partial charge in [-0.1, -0.05) is 22.9 Å². The van der Waals surface area contributed by atoms with Crippen LogP contribution in [0.25, 0.3) is 0 Å². The van der Waals surface area contributed by atoms with Crippen molar-refractivity contribution in [3.63, 3.8) is 0 Å². The predicted molar refractivity (Wildman–Crippen MR) is 88.4 cm³/mol. The molecule has 1 N–H and O–H groups in total. The lowest BCUT2D eigenvalue weighted by Crippen LogP contribution is -2.24. The first kappa shape index (κ1) is 15.1. The summed E-state index contributed by atoms with van der Waals surface area (Å²) < 4.78 is 15.1. The highest BCUT2D eigenvalue weighted by Gasteiger charge is 2.25. The molecule has 21 heavy (non-hydrogen) atoms. The normalized spacial score (nSPS) is 15.2. The summed E-state index contributed by atoms with van der Waals surface area (Å²) in [4.78, 5) is 6.14. The topological polar surface area (TPSA) is 24.9 Å². The average molecular weight is 369 g/mol. The van der Waals surface area contributed by atoms with Gasteiger partial charge < -0.3 is 5.32 Å². The Morgan fingerprint density at radius 3 is 3.05 bits per heavy atom. The van der Waals surface area contributed by atoms with Crippen molar-refractivity contribution in [3.8, 4) is 0 Å². The molecule has 1 aromatic carbocycles. The molecule has 0 spiro atoms. The minimum atomic E-state index is -0.179. The van der Waals surface area contributed by atoms with Crippen molar-refractivity contribution in [1.29, 1.82) is 0 Å². The molecule has 0 saturated heterocycles. The minimum Gasteiger partial charge on any atom is -0.304 e. The van der Waals surface area contributed by atoms with Crippen molar-refractivity contribution in [1.82, 2.24) is 10.3 Å². The molecule has 1 unspecified atom stereocenters. The van der Waals surface area contributed by atoms with Gasteiger partial charge in [0.1, 0.15) is 10.8 Å². The van der Waals surface area contributed by atoms with Crippen LogP contribution >= 0.6 is 27.3 Å². The zero-order valence-corrected chi connectivity index (χ0v) is 14.4. The predicted octanol–water partition coefficient (Wildman–Crippen LogP) is 4.62. The quantitative estimate of drug-likeness (QED) is 0.832. The lowest BCUT2D eigenvalue weighted by molar-refractivity contribution is 0.544. The number of aryl methyl sites for hydroxylation is 2. The van der Waals surface area contributed by atoms with Crippen LogP contribution < -0.4 is 5.32 Å². The third-order valence-electron chi connectivity index (χ3n) is 3.73. The Hall–Kier alpha value is -0.780. The number of rotatable bonds is 5. The Kier molecular flexibility index (Phi) is 4.72. The number of benzene rings is 1. The van der Waals surface area contributed by atoms with Gasteiger partial charge in [-0.2, -0.15) is 0 Å². The second-order valence-electron chi connectivity index (χ2n) is 5.33. The van der Waals surface area contributed by atoms with E-state index in [1.54, 1.807) is 17.4 Å². The van der Waals surface area contributed by atoms with Crippen LogP contribution in [0, 0.1) is 5.82 Å². The molecule has 1 aromatic heterocycles. The molecule has 2 nitrogen and oxygen atoms in total. The van der Waals surface area contributed by atoms with Crippen molar-refractivity contribution < 1.29 is 4.39 Å². The van der Waals surface area contributed by atoms with E-state index in [1.807, 2.05) is 6.07 Å². The molecule has 0 fully saturated rings. The Bertz CT molecular complexity index is 620. The highest BCUT2D eigenvalue weighted by atomic mass is 79.9. The highest BCUT2D eigenvalue weighted by Crippen LogP contribution is 2.34. The summed E-state index contributed by atoms with van der Waals surface area (Å²) in [5, 5.41) is 4.44. The Labute approximate surface area is 136 Å². The van der Waals surface area contributed by atoms with E-state index in [2.05, 4.69) is 28.2 Å². The number of nitrogens with one attached hydrogen (secondary N) is 1. The van der Waals surface area contributed by atoms with Gasteiger partial charge in [0.05, 0.1) is 11.7 Å². The lowest BCUT2D eigenvalue weighted by Gasteiger charge is -2.18. The van der Waals surface area contributed by atoms with E-state index in [9.17, 15) is 4.39 Å². The molecule has 1 aliphatic carbocycles. The van der Waals surface area contributed by atoms with E-state index < -0.39 is 0 Å². The van der Waals surface area contributed by atoms with Crippen LogP contribution in [0.3, 0.4) is 0 Å². The maximum atomic E-state index is 14.3. The summed E-state index contributed by atoms with van der Waals surface area (Å²) >= 11 is 5.17. The molecule has 0 radical (unpaired) electrons. The van der Waals surface area contributed by atoms with E-state index in [-0.39, 0.29) is 11.9 Å². The second kappa shape index (κ2) is 6.55. The first-order chi connectivity index (χ1) is 10.2. The molecule has 0 amide bonds. The highest BCUT2D eigenvalue weighted by molar-refractivity contribution is 9.10. The monoisotopic (exact) mass is 368 g/mol. The van der Waals surface area contributed by atoms with E-state index in [0.717, 1.165) is 35.3 Å². The van der Waals surface area contributed by atoms with Gasteiger partial charge in [0.25, 0.3) is 0 Å². The Balaban J connectivity index is 1.98. The first-order valence-corrected chi connectivity index (χ1v) is 8.96. The fourth-order valence-corrected chi connectivity index (χ4v) is 4.32. The molecule has 1 atom stereocenters. The summed E-state index contributed by atoms with van der Waals surface area (Å²) in [6, 6.07) is 4.95. The number of hydrogen-bond donors (Lipinski definition) is 1. The first-order valence-electron chi connectivity index (χ1n) is 7.36. The molecule has 2 aromatic rings. The molecule has 112 valence electrons. The number of fused-ring (bicyclic) bond motifs is 1. The van der Waals surface area contributed by atoms with Crippen LogP contribution in [0.15, 0.2) is 22.7 Å². The number of hydrogen-bond acceptors (Lipinski definition) is 3. The van der Waals surface area contributed by atoms with Crippen molar-refractivity contribution in [3.05, 3.63) is 49.6 Å². The van der Waals surface area contributed by atoms with Crippen LogP contribution in [-0.4, -0.2) is 11.5 Å². The van der Waals surface area contributed by atoms with Gasteiger partial charge in [-0.05, 0) is 50.4 Å². The number of thiazole rings is 1. The summed E-state index contributed by atoms with van der Waals surface area (Å²) in [6.45, 7) is 2.96. The number of nitrogens with zero attached hydrogens (tertiary/aromatic N) is 1. The van der Waals surface area contributed by atoms with Gasteiger partial charge in [0.15, 0.2) is 0 Å². The fourth-order valence-electron chi connectivity index (χ4n) is 2.69. The van der Waals surface area contributed by atoms with Gasteiger partial charge in [-0.25, -0.2) is 9.37 Å². The molecule has 0 aliphatic heterocycles. The standard InChI is InChI=1S/C16H18BrFN2S/c1-2-8-19-15(11-9-10(17)6-7-12(11)18)16-20-13-4-3-5-14(13)21-16/h6-7,9,15,19H,2-5,8H2,1H3. The molecule has 1 aliphatic rings. The van der Waals surface area contributed by atoms with Crippen LogP contribution in [0.2, 0.25) is 0 Å². The summed E-state index contributed by atoms with van der Waals surface area (Å²) in [5.74, 6) is -0.179. The zero-order chi connectivity index (χ0) is 14.8. The van der Waals surface area contributed by atoms with Crippen molar-refractivity contribution >= 4 is 27.3 Å². The van der Waals surface area contributed by atoms with Crippen molar-refractivity contribution in [2.24, 2.45) is 0 Å². The van der Waals surface area contributed by atoms with Gasteiger partial charge in [0.2, 0.25) is 0 Å². The fraction of sp³-hybridized carbons (Fsp3) is 0.438. The maximum absolute atomic E-state index is 14.3. The Morgan fingerprint density at radius 2 is 2.29 bits per heavy atom. The summed E-state index contributed by atoms with van der Waals surface area (Å²) in [7, 11) is 0. The van der Waals surface area contributed by atoms with Crippen molar-refractivity contribution in [2.75, 3.05) is 6.54 Å². The van der Waals surface area contributed by atoms with Crippen LogP contribution in [-0.2, 0) is 12.8 Å². The average Bonchev–Trinajstić information content (AvgIpc) is 3.04. The van der Waals surface area contributed by atoms with Crippen molar-refractivity contribution in [2.45, 2.75) is 38.6 Å². The maximum Gasteiger partial charge on any atom is 0.128 e. The van der Waals surface area contributed by atoms with Gasteiger partial charge in [-0.15, -0.1) is 11.3 Å². The van der Waals surface area contributed by atoms with Gasteiger partial charge in [0, 0.05) is 14.9 Å². The van der Waals surface area contributed by atoms with Crippen LogP contribution in [0.1, 0.15) is 46.9 Å². The molecule has 0 bridgehead atoms. The largest absolute Gasteiger partial charge is 0.304 e. The number of halogens is 2. The summed E-state index contributed by atoms with van der Waals surface area (Å²) in [5.41, 5.74) is 1.89. The number of aromatic nitrogens is 1. The summed E-state index contributed by atoms with van der Waals surface area (Å²) in [6.07, 6.45) is 4.39. The van der Waals surface area contributed by atoms with Gasteiger partial charge >= 0.3 is 0 Å². The van der Waals surface area contributed by atoms with E-state index >= 15 is 0 Å². The molecule has 3 rings (SSSR count). The third kappa shape index (κ3) is 3.20. The smallest absolute Gasteiger partial charge is 0.128 e. The van der Waals surface area contributed by atoms with E-state index in [4.69, 9.17) is 4.98 Å². The van der Waals surface area contributed by atoms with Gasteiger partial charge in [-0.3, -0.25) is 0 Å². The molecule has 1 heterocycles. The lowest BCUT2D eigenvalue weighted by atomic mass is 10.1. The molecular formula is C16H18BrFN2S. The second-order valence-corrected chi connectivity index (χ2v) is 7.36. The van der Waals surface area contributed by atoms with Crippen LogP contribution in [0.4, 0.5) is 4.39 Å². The Morgan fingerprint density at radius 1 is 1.43 bits per heavy atom. The minimum absolute atomic E-state index is 0.155. The third-order valence-corrected chi connectivity index (χ3v) is 5.44. The van der Waals surface area contributed by atoms with E-state index in [0.29, 0.717) is 5.56 Å².